The second kappa shape index (κ2) is 8.51. The number of hydrogen-bond donors (Lipinski definition) is 2. The molecule has 0 aromatic rings. The Bertz CT molecular complexity index is 623. The van der Waals surface area contributed by atoms with Gasteiger partial charge >= 0.3 is 0 Å². The molecule has 8 heteroatoms. The molecule has 3 rings (SSSR count). The van der Waals surface area contributed by atoms with Crippen LogP contribution in [0.25, 0.3) is 0 Å². The summed E-state index contributed by atoms with van der Waals surface area (Å²) in [6.45, 7) is 10.2. The Morgan fingerprint density at radius 3 is 2.69 bits per heavy atom. The number of sulfone groups is 1. The van der Waals surface area contributed by atoms with Crippen molar-refractivity contribution in [3.8, 4) is 0 Å². The largest absolute Gasteiger partial charge is 0.377 e. The second-order valence-electron chi connectivity index (χ2n) is 8.60. The highest BCUT2D eigenvalue weighted by Crippen LogP contribution is 2.52. The predicted molar refractivity (Wildman–Crippen MR) is 116 cm³/mol. The van der Waals surface area contributed by atoms with Crippen molar-refractivity contribution in [2.75, 3.05) is 24.7 Å². The van der Waals surface area contributed by atoms with E-state index in [9.17, 15) is 8.42 Å². The summed E-state index contributed by atoms with van der Waals surface area (Å²) in [6.07, 6.45) is 3.19. The highest BCUT2D eigenvalue weighted by Gasteiger charge is 2.59. The van der Waals surface area contributed by atoms with Crippen LogP contribution in [0.2, 0.25) is 0 Å². The minimum atomic E-state index is -2.84. The summed E-state index contributed by atoms with van der Waals surface area (Å²) in [7, 11) is -2.84. The molecule has 26 heavy (non-hydrogen) atoms. The molecule has 2 aliphatic heterocycles. The Labute approximate surface area is 175 Å². The van der Waals surface area contributed by atoms with E-state index in [0.29, 0.717) is 36.4 Å². The van der Waals surface area contributed by atoms with Gasteiger partial charge < -0.3 is 15.4 Å². The number of guanidine groups is 1. The molecule has 0 bridgehead atoms. The lowest BCUT2D eigenvalue weighted by Crippen LogP contribution is -2.68. The average Bonchev–Trinajstić information content (AvgIpc) is 3.14. The van der Waals surface area contributed by atoms with E-state index in [1.807, 2.05) is 0 Å². The summed E-state index contributed by atoms with van der Waals surface area (Å²) in [5.74, 6) is 2.11. The number of nitrogens with zero attached hydrogens (tertiary/aromatic N) is 1. The molecule has 5 unspecified atom stereocenters. The van der Waals surface area contributed by atoms with Gasteiger partial charge in [-0.25, -0.2) is 8.42 Å². The van der Waals surface area contributed by atoms with Gasteiger partial charge in [-0.3, -0.25) is 4.99 Å². The number of nitrogens with one attached hydrogen (secondary N) is 2. The molecule has 3 fully saturated rings. The van der Waals surface area contributed by atoms with Crippen LogP contribution in [0.1, 0.15) is 47.0 Å². The van der Waals surface area contributed by atoms with Gasteiger partial charge in [-0.2, -0.15) is 0 Å². The molecule has 2 heterocycles. The molecule has 2 N–H and O–H groups in total. The lowest BCUT2D eigenvalue weighted by atomic mass is 9.57. The summed E-state index contributed by atoms with van der Waals surface area (Å²) >= 11 is 0. The van der Waals surface area contributed by atoms with Crippen molar-refractivity contribution in [1.82, 2.24) is 10.6 Å². The van der Waals surface area contributed by atoms with E-state index in [2.05, 4.69) is 38.3 Å². The van der Waals surface area contributed by atoms with Crippen LogP contribution in [0.4, 0.5) is 0 Å². The maximum Gasteiger partial charge on any atom is 0.191 e. The second-order valence-corrected chi connectivity index (χ2v) is 10.8. The predicted octanol–water partition coefficient (Wildman–Crippen LogP) is 2.19. The molecule has 152 valence electrons. The van der Waals surface area contributed by atoms with Gasteiger partial charge in [0.15, 0.2) is 15.8 Å². The van der Waals surface area contributed by atoms with Crippen LogP contribution in [-0.2, 0) is 14.6 Å². The van der Waals surface area contributed by atoms with E-state index in [-0.39, 0.29) is 41.1 Å². The summed E-state index contributed by atoms with van der Waals surface area (Å²) in [4.78, 5) is 4.75. The van der Waals surface area contributed by atoms with Crippen LogP contribution in [-0.4, -0.2) is 57.2 Å². The molecule has 2 saturated heterocycles. The fourth-order valence-corrected chi connectivity index (χ4v) is 6.32. The first-order valence-corrected chi connectivity index (χ1v) is 11.4. The van der Waals surface area contributed by atoms with Crippen molar-refractivity contribution in [3.05, 3.63) is 0 Å². The van der Waals surface area contributed by atoms with E-state index >= 15 is 0 Å². The van der Waals surface area contributed by atoms with Crippen molar-refractivity contribution >= 4 is 39.8 Å². The quantitative estimate of drug-likeness (QED) is 0.345. The van der Waals surface area contributed by atoms with E-state index in [4.69, 9.17) is 9.73 Å². The van der Waals surface area contributed by atoms with Gasteiger partial charge in [-0.1, -0.05) is 20.8 Å². The Hall–Kier alpha value is -0.0900. The molecule has 0 aromatic carbocycles. The van der Waals surface area contributed by atoms with Gasteiger partial charge in [0, 0.05) is 36.6 Å². The maximum atomic E-state index is 11.7. The maximum absolute atomic E-state index is 11.7. The van der Waals surface area contributed by atoms with Crippen molar-refractivity contribution < 1.29 is 13.2 Å². The van der Waals surface area contributed by atoms with Crippen molar-refractivity contribution in [1.29, 1.82) is 0 Å². The Morgan fingerprint density at radius 1 is 1.35 bits per heavy atom. The summed E-state index contributed by atoms with van der Waals surface area (Å²) < 4.78 is 29.2. The molecule has 3 aliphatic rings. The minimum absolute atomic E-state index is 0. The molecular formula is C18H34IN3O3S. The smallest absolute Gasteiger partial charge is 0.191 e. The van der Waals surface area contributed by atoms with E-state index in [1.54, 1.807) is 0 Å². The minimum Gasteiger partial charge on any atom is -0.377 e. The lowest BCUT2D eigenvalue weighted by molar-refractivity contribution is -0.106. The zero-order chi connectivity index (χ0) is 18.2. The van der Waals surface area contributed by atoms with Crippen LogP contribution >= 0.6 is 24.0 Å². The molecule has 0 aromatic heterocycles. The van der Waals surface area contributed by atoms with Gasteiger partial charge in [-0.15, -0.1) is 24.0 Å². The average molecular weight is 499 g/mol. The zero-order valence-corrected chi connectivity index (χ0v) is 19.5. The van der Waals surface area contributed by atoms with E-state index < -0.39 is 9.84 Å². The molecule has 0 radical (unpaired) electrons. The third-order valence-electron chi connectivity index (χ3n) is 6.22. The third kappa shape index (κ3) is 4.66. The standard InChI is InChI=1S/C18H33N3O3S.HI/c1-5-12(2)20-17(19-10-13-7-9-25(22,23)11-13)21-15-14-6-8-24-16(14)18(15,3)4;/h12-16H,5-11H2,1-4H3,(H2,19,20,21);1H. The lowest BCUT2D eigenvalue weighted by Gasteiger charge is -2.55. The number of rotatable bonds is 5. The molecule has 1 aliphatic carbocycles. The fraction of sp³-hybridized carbons (Fsp3) is 0.944. The monoisotopic (exact) mass is 499 g/mol. The molecule has 6 nitrogen and oxygen atoms in total. The van der Waals surface area contributed by atoms with Gasteiger partial charge in [0.1, 0.15) is 0 Å². The van der Waals surface area contributed by atoms with Crippen molar-refractivity contribution in [2.24, 2.45) is 22.2 Å². The SMILES string of the molecule is CCC(C)NC(=NCC1CCS(=O)(=O)C1)NC1C2CCOC2C1(C)C.I. The number of ether oxygens (including phenoxy) is 1. The first-order valence-electron chi connectivity index (χ1n) is 9.62. The van der Waals surface area contributed by atoms with Gasteiger partial charge in [0.05, 0.1) is 17.6 Å². The van der Waals surface area contributed by atoms with Gasteiger partial charge in [-0.05, 0) is 32.1 Å². The highest BCUT2D eigenvalue weighted by atomic mass is 127. The topological polar surface area (TPSA) is 79.8 Å². The van der Waals surface area contributed by atoms with Crippen molar-refractivity contribution in [3.63, 3.8) is 0 Å². The normalized spacial score (nSPS) is 35.8. The third-order valence-corrected chi connectivity index (χ3v) is 8.06. The fourth-order valence-electron chi connectivity index (χ4n) is 4.47. The number of fused-ring (bicyclic) bond motifs is 1. The van der Waals surface area contributed by atoms with Crippen LogP contribution in [0.3, 0.4) is 0 Å². The van der Waals surface area contributed by atoms with E-state index in [1.165, 1.54) is 0 Å². The Kier molecular flexibility index (Phi) is 7.27. The number of halogens is 1. The molecular weight excluding hydrogens is 465 g/mol. The van der Waals surface area contributed by atoms with Gasteiger partial charge in [0.25, 0.3) is 0 Å². The van der Waals surface area contributed by atoms with Crippen molar-refractivity contribution in [2.45, 2.75) is 65.1 Å². The summed E-state index contributed by atoms with van der Waals surface area (Å²) in [5.41, 5.74) is 0.0930. The highest BCUT2D eigenvalue weighted by molar-refractivity contribution is 14.0. The van der Waals surface area contributed by atoms with Crippen LogP contribution in [0, 0.1) is 17.3 Å². The molecule has 5 atom stereocenters. The zero-order valence-electron chi connectivity index (χ0n) is 16.3. The van der Waals surface area contributed by atoms with Gasteiger partial charge in [0.2, 0.25) is 0 Å². The molecule has 1 saturated carbocycles. The Balaban J connectivity index is 0.00000243. The Morgan fingerprint density at radius 2 is 2.08 bits per heavy atom. The summed E-state index contributed by atoms with van der Waals surface area (Å²) in [6, 6.07) is 0.681. The number of hydrogen-bond acceptors (Lipinski definition) is 4. The summed E-state index contributed by atoms with van der Waals surface area (Å²) in [5, 5.41) is 7.11. The first-order chi connectivity index (χ1) is 11.7. The van der Waals surface area contributed by atoms with Crippen LogP contribution in [0.5, 0.6) is 0 Å². The number of aliphatic imine (C=N–C) groups is 1. The molecule has 0 spiro atoms. The van der Waals surface area contributed by atoms with Crippen LogP contribution in [0.15, 0.2) is 4.99 Å². The molecule has 0 amide bonds. The van der Waals surface area contributed by atoms with Crippen LogP contribution < -0.4 is 10.6 Å². The first kappa shape index (κ1) is 22.2. The van der Waals surface area contributed by atoms with E-state index in [0.717, 1.165) is 31.8 Å².